The van der Waals surface area contributed by atoms with Gasteiger partial charge in [-0.25, -0.2) is 0 Å². The first-order valence-electron chi connectivity index (χ1n) is 4.45. The fraction of sp³-hybridized carbons (Fsp3) is 0.182. The predicted octanol–water partition coefficient (Wildman–Crippen LogP) is 1.27. The molecule has 1 heterocycles. The van der Waals surface area contributed by atoms with Gasteiger partial charge in [0.25, 0.3) is 0 Å². The summed E-state index contributed by atoms with van der Waals surface area (Å²) in [7, 11) is 0. The number of aliphatic hydroxyl groups excluding tert-OH is 1. The van der Waals surface area contributed by atoms with E-state index in [1.165, 1.54) is 0 Å². The van der Waals surface area contributed by atoms with Gasteiger partial charge >= 0.3 is 0 Å². The molecule has 2 aromatic rings. The van der Waals surface area contributed by atoms with Crippen LogP contribution in [0.2, 0.25) is 0 Å². The predicted molar refractivity (Wildman–Crippen MR) is 53.6 cm³/mol. The molecule has 0 saturated heterocycles. The van der Waals surface area contributed by atoms with Gasteiger partial charge in [-0.3, -0.25) is 0 Å². The van der Waals surface area contributed by atoms with Gasteiger partial charge in [-0.05, 0) is 11.6 Å². The quantitative estimate of drug-likeness (QED) is 0.542. The maximum atomic E-state index is 11.6. The minimum Gasteiger partial charge on any atom is -0.618 e. The highest BCUT2D eigenvalue weighted by atomic mass is 16.5. The number of hydrogen-bond acceptors (Lipinski definition) is 2. The molecule has 0 aliphatic rings. The molecule has 1 aromatic heterocycles. The molecule has 3 heteroatoms. The van der Waals surface area contributed by atoms with E-state index in [-0.39, 0.29) is 6.61 Å². The topological polar surface area (TPSA) is 47.2 Å². The van der Waals surface area contributed by atoms with Crippen LogP contribution in [0.3, 0.4) is 0 Å². The molecule has 0 aliphatic heterocycles. The van der Waals surface area contributed by atoms with Gasteiger partial charge in [0, 0.05) is 19.1 Å². The molecule has 0 unspecified atom stereocenters. The number of aliphatic hydroxyl groups is 1. The van der Waals surface area contributed by atoms with Crippen molar-refractivity contribution in [1.29, 1.82) is 0 Å². The molecule has 1 aromatic carbocycles. The fourth-order valence-electron chi connectivity index (χ4n) is 1.63. The largest absolute Gasteiger partial charge is 0.618 e. The molecule has 3 nitrogen and oxygen atoms in total. The number of aromatic nitrogens is 1. The van der Waals surface area contributed by atoms with Crippen molar-refractivity contribution in [3.05, 3.63) is 46.8 Å². The maximum Gasteiger partial charge on any atom is 0.224 e. The Bertz CT molecular complexity index is 480. The lowest BCUT2D eigenvalue weighted by Crippen LogP contribution is -2.31. The molecule has 0 spiro atoms. The molecule has 1 N–H and O–H groups in total. The zero-order valence-electron chi connectivity index (χ0n) is 7.90. The van der Waals surface area contributed by atoms with Crippen LogP contribution in [-0.4, -0.2) is 5.11 Å². The molecule has 0 saturated carbocycles. The zero-order valence-corrected chi connectivity index (χ0v) is 7.90. The van der Waals surface area contributed by atoms with Crippen LogP contribution in [0, 0.1) is 12.1 Å². The van der Waals surface area contributed by atoms with E-state index in [9.17, 15) is 5.21 Å². The van der Waals surface area contributed by atoms with E-state index < -0.39 is 0 Å². The average Bonchev–Trinajstić information content (AvgIpc) is 2.23. The van der Waals surface area contributed by atoms with Crippen molar-refractivity contribution >= 4 is 10.9 Å². The summed E-state index contributed by atoms with van der Waals surface area (Å²) in [6.07, 6.45) is 0. The van der Waals surface area contributed by atoms with E-state index in [1.807, 2.05) is 18.2 Å². The number of fused-ring (bicyclic) bond motifs is 1. The van der Waals surface area contributed by atoms with E-state index in [0.29, 0.717) is 11.2 Å². The summed E-state index contributed by atoms with van der Waals surface area (Å²) in [5.74, 6) is 0. The third kappa shape index (κ3) is 1.22. The second kappa shape index (κ2) is 3.27. The van der Waals surface area contributed by atoms with Gasteiger partial charge in [-0.15, -0.1) is 0 Å². The number of aryl methyl sites for hydroxylation is 1. The van der Waals surface area contributed by atoms with Crippen molar-refractivity contribution in [2.45, 2.75) is 13.5 Å². The average molecular weight is 189 g/mol. The minimum atomic E-state index is -0.0395. The highest BCUT2D eigenvalue weighted by Gasteiger charge is 2.10. The Morgan fingerprint density at radius 3 is 2.79 bits per heavy atom. The summed E-state index contributed by atoms with van der Waals surface area (Å²) < 4.78 is 0.883. The molecule has 0 aliphatic carbocycles. The van der Waals surface area contributed by atoms with Crippen LogP contribution in [0.4, 0.5) is 0 Å². The Labute approximate surface area is 81.8 Å². The number of para-hydroxylation sites is 1. The van der Waals surface area contributed by atoms with Crippen molar-refractivity contribution in [2.24, 2.45) is 0 Å². The summed E-state index contributed by atoms with van der Waals surface area (Å²) in [4.78, 5) is 0. The number of benzene rings is 1. The van der Waals surface area contributed by atoms with Gasteiger partial charge in [-0.2, -0.15) is 4.73 Å². The molecular weight excluding hydrogens is 178 g/mol. The first kappa shape index (κ1) is 8.97. The van der Waals surface area contributed by atoms with Gasteiger partial charge in [0.05, 0.1) is 12.0 Å². The first-order chi connectivity index (χ1) is 6.74. The van der Waals surface area contributed by atoms with Crippen LogP contribution >= 0.6 is 0 Å². The molecule has 2 rings (SSSR count). The second-order valence-corrected chi connectivity index (χ2v) is 3.28. The van der Waals surface area contributed by atoms with E-state index in [2.05, 4.69) is 0 Å². The normalized spacial score (nSPS) is 10.7. The number of hydrogen-bond donors (Lipinski definition) is 1. The van der Waals surface area contributed by atoms with Crippen molar-refractivity contribution in [2.75, 3.05) is 0 Å². The fourth-order valence-corrected chi connectivity index (χ4v) is 1.63. The lowest BCUT2D eigenvalue weighted by molar-refractivity contribution is -0.584. The minimum absolute atomic E-state index is 0.0395. The number of rotatable bonds is 1. The summed E-state index contributed by atoms with van der Waals surface area (Å²) in [6, 6.07) is 8.99. The monoisotopic (exact) mass is 189 g/mol. The van der Waals surface area contributed by atoms with Crippen molar-refractivity contribution in [3.63, 3.8) is 0 Å². The van der Waals surface area contributed by atoms with Gasteiger partial charge in [0.15, 0.2) is 5.69 Å². The summed E-state index contributed by atoms with van der Waals surface area (Å²) in [5, 5.41) is 21.6. The summed E-state index contributed by atoms with van der Waals surface area (Å²) >= 11 is 0. The molecule has 14 heavy (non-hydrogen) atoms. The van der Waals surface area contributed by atoms with Gasteiger partial charge in [0.2, 0.25) is 5.52 Å². The van der Waals surface area contributed by atoms with Crippen molar-refractivity contribution in [1.82, 2.24) is 0 Å². The third-order valence-electron chi connectivity index (χ3n) is 2.34. The first-order valence-corrected chi connectivity index (χ1v) is 4.45. The highest BCUT2D eigenvalue weighted by Crippen LogP contribution is 2.16. The second-order valence-electron chi connectivity index (χ2n) is 3.28. The number of pyridine rings is 1. The zero-order chi connectivity index (χ0) is 10.1. The van der Waals surface area contributed by atoms with Crippen LogP contribution in [0.15, 0.2) is 30.3 Å². The Hall–Kier alpha value is -1.61. The summed E-state index contributed by atoms with van der Waals surface area (Å²) in [5.41, 5.74) is 2.01. The Kier molecular flexibility index (Phi) is 2.09. The van der Waals surface area contributed by atoms with Crippen LogP contribution in [-0.2, 0) is 6.61 Å². The highest BCUT2D eigenvalue weighted by molar-refractivity contribution is 5.79. The Morgan fingerprint density at radius 2 is 2.07 bits per heavy atom. The third-order valence-corrected chi connectivity index (χ3v) is 2.34. The van der Waals surface area contributed by atoms with E-state index in [1.54, 1.807) is 19.1 Å². The lowest BCUT2D eigenvalue weighted by atomic mass is 10.1. The van der Waals surface area contributed by atoms with E-state index >= 15 is 0 Å². The van der Waals surface area contributed by atoms with Crippen molar-refractivity contribution in [3.8, 4) is 0 Å². The van der Waals surface area contributed by atoms with Gasteiger partial charge in [-0.1, -0.05) is 12.1 Å². The van der Waals surface area contributed by atoms with E-state index in [4.69, 9.17) is 5.11 Å². The SMILES string of the molecule is Cc1cc(CO)c2ccccc2[n+]1[O-]. The van der Waals surface area contributed by atoms with Crippen molar-refractivity contribution < 1.29 is 9.84 Å². The Balaban J connectivity index is 2.89. The van der Waals surface area contributed by atoms with Crippen LogP contribution < -0.4 is 4.73 Å². The van der Waals surface area contributed by atoms with Crippen LogP contribution in [0.5, 0.6) is 0 Å². The van der Waals surface area contributed by atoms with Gasteiger partial charge in [0.1, 0.15) is 0 Å². The summed E-state index contributed by atoms with van der Waals surface area (Å²) in [6.45, 7) is 1.70. The van der Waals surface area contributed by atoms with E-state index in [0.717, 1.165) is 15.7 Å². The number of nitrogens with zero attached hydrogens (tertiary/aromatic N) is 1. The van der Waals surface area contributed by atoms with Crippen LogP contribution in [0.1, 0.15) is 11.3 Å². The molecule has 0 bridgehead atoms. The van der Waals surface area contributed by atoms with Crippen LogP contribution in [0.25, 0.3) is 10.9 Å². The standard InChI is InChI=1S/C11H11NO2/c1-8-6-9(7-13)10-4-2-3-5-11(10)12(8)14/h2-6,13H,7H2,1H3. The smallest absolute Gasteiger partial charge is 0.224 e. The van der Waals surface area contributed by atoms with Gasteiger partial charge < -0.3 is 10.3 Å². The molecule has 0 radical (unpaired) electrons. The Morgan fingerprint density at radius 1 is 1.36 bits per heavy atom. The molecular formula is C11H11NO2. The molecule has 0 fully saturated rings. The molecule has 0 atom stereocenters. The molecule has 0 amide bonds. The lowest BCUT2D eigenvalue weighted by Gasteiger charge is -2.07. The maximum absolute atomic E-state index is 11.6. The molecule has 72 valence electrons.